The lowest BCUT2D eigenvalue weighted by atomic mass is 9.97. The average molecular weight is 370 g/mol. The number of benzene rings is 1. The highest BCUT2D eigenvalue weighted by Crippen LogP contribution is 2.26. The van der Waals surface area contributed by atoms with Crippen LogP contribution in [-0.2, 0) is 7.05 Å². The largest absolute Gasteiger partial charge is 0.347 e. The number of hydrogen-bond acceptors (Lipinski definition) is 2. The molecule has 0 bridgehead atoms. The lowest BCUT2D eigenvalue weighted by Crippen LogP contribution is -2.54. The standard InChI is InChI=1S/C21H30N4O2/c1-15-18(16-8-6-7-9-17(16)23(15)5)19(26)24-10-12-25(13-11-24)20(27)22-14-21(2,3)4/h6-9H,10-14H2,1-5H3,(H,22,27). The summed E-state index contributed by atoms with van der Waals surface area (Å²) in [4.78, 5) is 29.2. The van der Waals surface area contributed by atoms with Crippen LogP contribution in [0.4, 0.5) is 4.79 Å². The van der Waals surface area contributed by atoms with Crippen LogP contribution in [0, 0.1) is 12.3 Å². The van der Waals surface area contributed by atoms with E-state index in [2.05, 4.69) is 30.7 Å². The van der Waals surface area contributed by atoms with Crippen molar-refractivity contribution in [2.24, 2.45) is 12.5 Å². The number of carbonyl (C=O) groups is 2. The van der Waals surface area contributed by atoms with Crippen molar-refractivity contribution in [3.8, 4) is 0 Å². The molecule has 146 valence electrons. The lowest BCUT2D eigenvalue weighted by Gasteiger charge is -2.35. The third-order valence-corrected chi connectivity index (χ3v) is 5.24. The van der Waals surface area contributed by atoms with Gasteiger partial charge in [0, 0.05) is 56.4 Å². The number of hydrogen-bond donors (Lipinski definition) is 1. The first-order chi connectivity index (χ1) is 12.7. The second-order valence-corrected chi connectivity index (χ2v) is 8.54. The molecule has 0 saturated carbocycles. The number of carbonyl (C=O) groups excluding carboxylic acids is 2. The molecule has 6 heteroatoms. The molecule has 1 aromatic carbocycles. The molecule has 6 nitrogen and oxygen atoms in total. The maximum Gasteiger partial charge on any atom is 0.317 e. The second-order valence-electron chi connectivity index (χ2n) is 8.54. The van der Waals surface area contributed by atoms with Crippen molar-refractivity contribution >= 4 is 22.8 Å². The van der Waals surface area contributed by atoms with Gasteiger partial charge in [0.1, 0.15) is 0 Å². The fourth-order valence-electron chi connectivity index (χ4n) is 3.51. The molecule has 1 N–H and O–H groups in total. The Morgan fingerprint density at radius 2 is 1.63 bits per heavy atom. The van der Waals surface area contributed by atoms with Gasteiger partial charge in [-0.2, -0.15) is 0 Å². The summed E-state index contributed by atoms with van der Waals surface area (Å²) >= 11 is 0. The van der Waals surface area contributed by atoms with Crippen LogP contribution >= 0.6 is 0 Å². The smallest absolute Gasteiger partial charge is 0.317 e. The SMILES string of the molecule is Cc1c(C(=O)N2CCN(C(=O)NCC(C)(C)C)CC2)c2ccccc2n1C. The predicted octanol–water partition coefficient (Wildman–Crippen LogP) is 3.00. The minimum Gasteiger partial charge on any atom is -0.347 e. The number of rotatable bonds is 2. The molecule has 0 unspecified atom stereocenters. The van der Waals surface area contributed by atoms with Crippen LogP contribution in [0.5, 0.6) is 0 Å². The Balaban J connectivity index is 1.68. The summed E-state index contributed by atoms with van der Waals surface area (Å²) in [5.41, 5.74) is 2.88. The first kappa shape index (κ1) is 19.3. The normalized spacial score (nSPS) is 15.3. The van der Waals surface area contributed by atoms with Crippen LogP contribution in [0.1, 0.15) is 36.8 Å². The van der Waals surface area contributed by atoms with Crippen molar-refractivity contribution in [1.82, 2.24) is 19.7 Å². The summed E-state index contributed by atoms with van der Waals surface area (Å²) < 4.78 is 2.07. The van der Waals surface area contributed by atoms with Gasteiger partial charge in [-0.15, -0.1) is 0 Å². The Morgan fingerprint density at radius 1 is 1.04 bits per heavy atom. The Hall–Kier alpha value is -2.50. The maximum atomic E-state index is 13.2. The summed E-state index contributed by atoms with van der Waals surface area (Å²) in [5.74, 6) is 0.0547. The van der Waals surface area contributed by atoms with Gasteiger partial charge in [-0.25, -0.2) is 4.79 Å². The van der Waals surface area contributed by atoms with Crippen molar-refractivity contribution in [3.05, 3.63) is 35.5 Å². The van der Waals surface area contributed by atoms with Gasteiger partial charge < -0.3 is 19.7 Å². The number of urea groups is 1. The van der Waals surface area contributed by atoms with Crippen LogP contribution in [0.2, 0.25) is 0 Å². The van der Waals surface area contributed by atoms with Crippen molar-refractivity contribution in [2.75, 3.05) is 32.7 Å². The Bertz CT molecular complexity index is 855. The van der Waals surface area contributed by atoms with Gasteiger partial charge >= 0.3 is 6.03 Å². The van der Waals surface area contributed by atoms with Gasteiger partial charge in [0.25, 0.3) is 5.91 Å². The molecule has 0 atom stereocenters. The van der Waals surface area contributed by atoms with Crippen LogP contribution in [0.15, 0.2) is 24.3 Å². The molecular formula is C21H30N4O2. The average Bonchev–Trinajstić information content (AvgIpc) is 2.90. The van der Waals surface area contributed by atoms with E-state index >= 15 is 0 Å². The third-order valence-electron chi connectivity index (χ3n) is 5.24. The molecule has 1 saturated heterocycles. The lowest BCUT2D eigenvalue weighted by molar-refractivity contribution is 0.0665. The molecule has 2 heterocycles. The molecule has 1 aromatic heterocycles. The van der Waals surface area contributed by atoms with Crippen LogP contribution < -0.4 is 5.32 Å². The van der Waals surface area contributed by atoms with E-state index in [-0.39, 0.29) is 17.4 Å². The van der Waals surface area contributed by atoms with E-state index in [0.717, 1.165) is 22.2 Å². The second kappa shape index (κ2) is 7.25. The van der Waals surface area contributed by atoms with Crippen molar-refractivity contribution < 1.29 is 9.59 Å². The highest BCUT2D eigenvalue weighted by atomic mass is 16.2. The first-order valence-electron chi connectivity index (χ1n) is 9.55. The molecule has 0 radical (unpaired) electrons. The summed E-state index contributed by atoms with van der Waals surface area (Å²) in [6, 6.07) is 7.96. The summed E-state index contributed by atoms with van der Waals surface area (Å²) in [5, 5.41) is 3.98. The number of piperazine rings is 1. The monoisotopic (exact) mass is 370 g/mol. The van der Waals surface area contributed by atoms with Crippen LogP contribution in [0.25, 0.3) is 10.9 Å². The van der Waals surface area contributed by atoms with Gasteiger partial charge in [-0.05, 0) is 18.4 Å². The van der Waals surface area contributed by atoms with Gasteiger partial charge in [-0.3, -0.25) is 4.79 Å². The number of nitrogens with one attached hydrogen (secondary N) is 1. The Morgan fingerprint density at radius 3 is 2.26 bits per heavy atom. The molecule has 27 heavy (non-hydrogen) atoms. The molecule has 3 amide bonds. The Labute approximate surface area is 161 Å². The maximum absolute atomic E-state index is 13.2. The highest BCUT2D eigenvalue weighted by Gasteiger charge is 2.28. The van der Waals surface area contributed by atoms with Gasteiger partial charge in [0.15, 0.2) is 0 Å². The molecule has 1 aliphatic heterocycles. The number of nitrogens with zero attached hydrogens (tertiary/aromatic N) is 3. The molecule has 0 aliphatic carbocycles. The topological polar surface area (TPSA) is 57.6 Å². The van der Waals surface area contributed by atoms with E-state index in [9.17, 15) is 9.59 Å². The minimum atomic E-state index is -0.0432. The van der Waals surface area contributed by atoms with E-state index in [1.165, 1.54) is 0 Å². The quantitative estimate of drug-likeness (QED) is 0.883. The number of fused-ring (bicyclic) bond motifs is 1. The molecule has 1 aliphatic rings. The van der Waals surface area contributed by atoms with Gasteiger partial charge in [0.05, 0.1) is 5.56 Å². The van der Waals surface area contributed by atoms with Crippen LogP contribution in [0.3, 0.4) is 0 Å². The van der Waals surface area contributed by atoms with Crippen LogP contribution in [-0.4, -0.2) is 59.0 Å². The number of para-hydroxylation sites is 1. The molecule has 3 rings (SSSR count). The fraction of sp³-hybridized carbons (Fsp3) is 0.524. The predicted molar refractivity (Wildman–Crippen MR) is 108 cm³/mol. The summed E-state index contributed by atoms with van der Waals surface area (Å²) in [6.07, 6.45) is 0. The number of aromatic nitrogens is 1. The first-order valence-corrected chi connectivity index (χ1v) is 9.55. The van der Waals surface area contributed by atoms with E-state index in [0.29, 0.717) is 32.7 Å². The number of aryl methyl sites for hydroxylation is 1. The minimum absolute atomic E-state index is 0.0432. The van der Waals surface area contributed by atoms with Gasteiger partial charge in [-0.1, -0.05) is 39.0 Å². The van der Waals surface area contributed by atoms with Crippen molar-refractivity contribution in [1.29, 1.82) is 0 Å². The molecular weight excluding hydrogens is 340 g/mol. The third kappa shape index (κ3) is 3.94. The Kier molecular flexibility index (Phi) is 5.18. The van der Waals surface area contributed by atoms with E-state index in [1.54, 1.807) is 4.90 Å². The zero-order valence-electron chi connectivity index (χ0n) is 17.0. The number of amides is 3. The fourth-order valence-corrected chi connectivity index (χ4v) is 3.51. The summed E-state index contributed by atoms with van der Waals surface area (Å²) in [6.45, 7) is 11.2. The van der Waals surface area contributed by atoms with Gasteiger partial charge in [0.2, 0.25) is 0 Å². The summed E-state index contributed by atoms with van der Waals surface area (Å²) in [7, 11) is 1.99. The van der Waals surface area contributed by atoms with E-state index in [4.69, 9.17) is 0 Å². The molecule has 0 spiro atoms. The van der Waals surface area contributed by atoms with Crippen molar-refractivity contribution in [2.45, 2.75) is 27.7 Å². The highest BCUT2D eigenvalue weighted by molar-refractivity contribution is 6.08. The molecule has 1 fully saturated rings. The van der Waals surface area contributed by atoms with E-state index in [1.807, 2.05) is 43.1 Å². The molecule has 2 aromatic rings. The zero-order valence-corrected chi connectivity index (χ0v) is 17.0. The van der Waals surface area contributed by atoms with E-state index < -0.39 is 0 Å². The van der Waals surface area contributed by atoms with Crippen molar-refractivity contribution in [3.63, 3.8) is 0 Å². The zero-order chi connectivity index (χ0) is 19.8.